The summed E-state index contributed by atoms with van der Waals surface area (Å²) < 4.78 is 3.50. The average molecular weight is 294 g/mol. The van der Waals surface area contributed by atoms with E-state index < -0.39 is 0 Å². The molecule has 1 heterocycles. The van der Waals surface area contributed by atoms with Gasteiger partial charge in [-0.15, -0.1) is 0 Å². The number of rotatable bonds is 2. The molecule has 0 saturated carbocycles. The Labute approximate surface area is 125 Å². The molecule has 0 aromatic heterocycles. The molecule has 0 saturated heterocycles. The molecule has 1 N–H and O–H groups in total. The first-order chi connectivity index (χ1) is 9.25. The Morgan fingerprint density at radius 1 is 1.26 bits per heavy atom. The van der Waals surface area contributed by atoms with Crippen LogP contribution in [-0.2, 0) is 0 Å². The van der Waals surface area contributed by atoms with Crippen LogP contribution in [0.15, 0.2) is 58.0 Å². The third-order valence-corrected chi connectivity index (χ3v) is 4.51. The van der Waals surface area contributed by atoms with E-state index in [0.717, 1.165) is 30.7 Å². The van der Waals surface area contributed by atoms with E-state index in [1.165, 1.54) is 10.5 Å². The van der Waals surface area contributed by atoms with E-state index in [-0.39, 0.29) is 0 Å². The Hall–Kier alpha value is -0.700. The maximum Gasteiger partial charge on any atom is 0.0392 e. The average Bonchev–Trinajstić information content (AvgIpc) is 2.37. The van der Waals surface area contributed by atoms with E-state index in [0.29, 0.717) is 6.04 Å². The minimum Gasteiger partial charge on any atom is -0.253 e. The highest BCUT2D eigenvalue weighted by Gasteiger charge is 2.12. The van der Waals surface area contributed by atoms with Crippen LogP contribution in [0.2, 0.25) is 0 Å². The van der Waals surface area contributed by atoms with Gasteiger partial charge in [0.15, 0.2) is 0 Å². The van der Waals surface area contributed by atoms with Crippen molar-refractivity contribution in [2.24, 2.45) is 0 Å². The third kappa shape index (κ3) is 5.06. The molecule has 3 heteroatoms. The fourth-order valence-electron chi connectivity index (χ4n) is 2.09. The van der Waals surface area contributed by atoms with Crippen LogP contribution in [-0.4, -0.2) is 6.04 Å². The lowest BCUT2D eigenvalue weighted by atomic mass is 10.00. The van der Waals surface area contributed by atoms with Gasteiger partial charge in [-0.25, -0.2) is 0 Å². The normalized spacial score (nSPS) is 36.1. The van der Waals surface area contributed by atoms with Crippen LogP contribution in [0.4, 0.5) is 0 Å². The highest BCUT2D eigenvalue weighted by atomic mass is 35.5. The summed E-state index contributed by atoms with van der Waals surface area (Å²) in [6, 6.07) is 0.356. The van der Waals surface area contributed by atoms with Crippen molar-refractivity contribution in [1.29, 1.82) is 0 Å². The quantitative estimate of drug-likeness (QED) is 0.551. The topological polar surface area (TPSA) is 12.0 Å². The van der Waals surface area contributed by atoms with Gasteiger partial charge in [-0.2, -0.15) is 0 Å². The van der Waals surface area contributed by atoms with Crippen molar-refractivity contribution in [3.63, 3.8) is 0 Å². The molecule has 0 bridgehead atoms. The number of nitrogens with one attached hydrogen (secondary N) is 1. The molecule has 102 valence electrons. The molecule has 1 aliphatic carbocycles. The second kappa shape index (κ2) is 7.78. The van der Waals surface area contributed by atoms with E-state index in [9.17, 15) is 0 Å². The summed E-state index contributed by atoms with van der Waals surface area (Å²) in [5.41, 5.74) is 1.34. The van der Waals surface area contributed by atoms with Crippen molar-refractivity contribution < 1.29 is 0 Å². The van der Waals surface area contributed by atoms with Crippen LogP contribution in [0.1, 0.15) is 32.6 Å². The number of hydrogen-bond acceptors (Lipinski definition) is 2. The smallest absolute Gasteiger partial charge is 0.0392 e. The maximum atomic E-state index is 6.41. The van der Waals surface area contributed by atoms with Crippen molar-refractivity contribution >= 4 is 23.5 Å². The van der Waals surface area contributed by atoms with Crippen LogP contribution >= 0.6 is 23.5 Å². The van der Waals surface area contributed by atoms with Crippen LogP contribution in [0, 0.1) is 0 Å². The van der Waals surface area contributed by atoms with Gasteiger partial charge in [0.2, 0.25) is 0 Å². The molecule has 0 amide bonds. The lowest BCUT2D eigenvalue weighted by Gasteiger charge is -2.19. The van der Waals surface area contributed by atoms with E-state index in [4.69, 9.17) is 11.6 Å². The zero-order valence-corrected chi connectivity index (χ0v) is 12.8. The van der Waals surface area contributed by atoms with Gasteiger partial charge >= 0.3 is 0 Å². The predicted octanol–water partition coefficient (Wildman–Crippen LogP) is 5.25. The van der Waals surface area contributed by atoms with Gasteiger partial charge in [-0.1, -0.05) is 54.1 Å². The van der Waals surface area contributed by atoms with Crippen molar-refractivity contribution in [3.05, 3.63) is 58.0 Å². The van der Waals surface area contributed by atoms with Crippen molar-refractivity contribution in [3.8, 4) is 0 Å². The van der Waals surface area contributed by atoms with Crippen LogP contribution in [0.5, 0.6) is 0 Å². The summed E-state index contributed by atoms with van der Waals surface area (Å²) in [6.07, 6.45) is 19.0. The van der Waals surface area contributed by atoms with E-state index in [1.807, 2.05) is 0 Å². The minimum absolute atomic E-state index is 0.356. The van der Waals surface area contributed by atoms with Gasteiger partial charge in [0.1, 0.15) is 0 Å². The van der Waals surface area contributed by atoms with Gasteiger partial charge in [0.25, 0.3) is 0 Å². The fraction of sp³-hybridized carbons (Fsp3) is 0.375. The van der Waals surface area contributed by atoms with Crippen LogP contribution < -0.4 is 4.72 Å². The monoisotopic (exact) mass is 293 g/mol. The number of halogens is 1. The summed E-state index contributed by atoms with van der Waals surface area (Å²) in [6.45, 7) is 2.14. The highest BCUT2D eigenvalue weighted by Crippen LogP contribution is 2.26. The predicted molar refractivity (Wildman–Crippen MR) is 87.0 cm³/mol. The van der Waals surface area contributed by atoms with Crippen LogP contribution in [0.25, 0.3) is 0 Å². The Morgan fingerprint density at radius 2 is 2.05 bits per heavy atom. The van der Waals surface area contributed by atoms with Gasteiger partial charge in [-0.05, 0) is 48.6 Å². The minimum atomic E-state index is 0.356. The van der Waals surface area contributed by atoms with Gasteiger partial charge in [0.05, 0.1) is 0 Å². The molecule has 1 atom stereocenters. The lowest BCUT2D eigenvalue weighted by molar-refractivity contribution is 0.732. The Kier molecular flexibility index (Phi) is 6.02. The highest BCUT2D eigenvalue weighted by molar-refractivity contribution is 8.01. The molecule has 1 nitrogen and oxygen atoms in total. The molecule has 0 spiro atoms. The zero-order valence-electron chi connectivity index (χ0n) is 11.2. The SMILES string of the molecule is C/C1=C/C/C=C\C(C/C2=C(\Cl)C/C=C\C=C/C2)NS1. The van der Waals surface area contributed by atoms with E-state index in [2.05, 4.69) is 54.2 Å². The van der Waals surface area contributed by atoms with Gasteiger partial charge < -0.3 is 0 Å². The lowest BCUT2D eigenvalue weighted by Crippen LogP contribution is -2.22. The van der Waals surface area contributed by atoms with E-state index >= 15 is 0 Å². The second-order valence-corrected chi connectivity index (χ2v) is 6.32. The van der Waals surface area contributed by atoms with Gasteiger partial charge in [0, 0.05) is 17.5 Å². The summed E-state index contributed by atoms with van der Waals surface area (Å²) in [4.78, 5) is 1.33. The molecule has 1 aliphatic heterocycles. The Balaban J connectivity index is 2.03. The molecule has 0 aromatic carbocycles. The van der Waals surface area contributed by atoms with E-state index in [1.54, 1.807) is 11.9 Å². The Bertz CT molecular complexity index is 457. The molecular formula is C16H20ClNS. The fourth-order valence-corrected chi connectivity index (χ4v) is 3.01. The third-order valence-electron chi connectivity index (χ3n) is 3.18. The standard InChI is InChI=1S/C16H20ClNS/c1-13-8-6-7-10-15(18-19-13)12-14-9-4-2-3-5-11-16(14)17/h2-5,7-8,10,15,18H,6,9,11-12H2,1H3/b4-2-,5-3-,10-7-,13-8-,16-14-. The van der Waals surface area contributed by atoms with Gasteiger partial charge in [-0.3, -0.25) is 4.72 Å². The number of allylic oxidation sites excluding steroid dienone is 8. The molecule has 19 heavy (non-hydrogen) atoms. The molecule has 1 unspecified atom stereocenters. The van der Waals surface area contributed by atoms with Crippen molar-refractivity contribution in [2.75, 3.05) is 0 Å². The summed E-state index contributed by atoms with van der Waals surface area (Å²) in [5, 5.41) is 0.995. The molecule has 2 aliphatic rings. The van der Waals surface area contributed by atoms with Crippen LogP contribution in [0.3, 0.4) is 0 Å². The first kappa shape index (κ1) is 14.7. The molecular weight excluding hydrogens is 274 g/mol. The second-order valence-electron chi connectivity index (χ2n) is 4.78. The summed E-state index contributed by atoms with van der Waals surface area (Å²) in [7, 11) is 0. The zero-order chi connectivity index (χ0) is 13.5. The van der Waals surface area contributed by atoms with Crippen molar-refractivity contribution in [1.82, 2.24) is 4.72 Å². The summed E-state index contributed by atoms with van der Waals surface area (Å²) in [5.74, 6) is 0. The Morgan fingerprint density at radius 3 is 2.89 bits per heavy atom. The first-order valence-corrected chi connectivity index (χ1v) is 7.89. The molecule has 0 radical (unpaired) electrons. The summed E-state index contributed by atoms with van der Waals surface area (Å²) >= 11 is 8.13. The first-order valence-electron chi connectivity index (χ1n) is 6.69. The molecule has 0 fully saturated rings. The largest absolute Gasteiger partial charge is 0.253 e. The maximum absolute atomic E-state index is 6.41. The molecule has 0 aromatic rings. The number of hydrogen-bond donors (Lipinski definition) is 1. The van der Waals surface area contributed by atoms with Crippen molar-refractivity contribution in [2.45, 2.75) is 38.6 Å². The molecule has 2 rings (SSSR count).